The number of H-pyrrole nitrogens is 1. The third-order valence-electron chi connectivity index (χ3n) is 7.25. The maximum absolute atomic E-state index is 12.9. The topological polar surface area (TPSA) is 140 Å². The number of thiazole rings is 1. The molecule has 15 heteroatoms. The van der Waals surface area contributed by atoms with Crippen LogP contribution in [0.15, 0.2) is 12.4 Å². The number of likely N-dealkylation sites (N-methyl/N-ethyl adjacent to an activating group) is 1. The van der Waals surface area contributed by atoms with Crippen LogP contribution in [0.4, 0.5) is 10.9 Å². The third kappa shape index (κ3) is 5.75. The van der Waals surface area contributed by atoms with Crippen LogP contribution in [-0.2, 0) is 4.74 Å². The van der Waals surface area contributed by atoms with Crippen molar-refractivity contribution in [3.05, 3.63) is 38.7 Å². The number of piperidine rings is 1. The van der Waals surface area contributed by atoms with E-state index in [1.165, 1.54) is 0 Å². The Morgan fingerprint density at radius 3 is 2.48 bits per heavy atom. The lowest BCUT2D eigenvalue weighted by Crippen LogP contribution is -2.55. The number of nitrogens with one attached hydrogen (secondary N) is 2. The first-order valence-electron chi connectivity index (χ1n) is 12.8. The van der Waals surface area contributed by atoms with Crippen LogP contribution in [0.3, 0.4) is 0 Å². The Bertz CT molecular complexity index is 1390. The van der Waals surface area contributed by atoms with Gasteiger partial charge in [0.1, 0.15) is 27.8 Å². The Balaban J connectivity index is 1.30. The van der Waals surface area contributed by atoms with E-state index >= 15 is 0 Å². The van der Waals surface area contributed by atoms with E-state index in [9.17, 15) is 14.7 Å². The van der Waals surface area contributed by atoms with Crippen molar-refractivity contribution in [3.63, 3.8) is 0 Å². The van der Waals surface area contributed by atoms with Crippen LogP contribution in [0.2, 0.25) is 10.0 Å². The first kappa shape index (κ1) is 28.6. The second-order valence-electron chi connectivity index (χ2n) is 9.87. The quantitative estimate of drug-likeness (QED) is 0.366. The molecule has 2 fully saturated rings. The van der Waals surface area contributed by atoms with Crippen LogP contribution >= 0.6 is 34.5 Å². The minimum atomic E-state index is -1.08. The number of amides is 1. The molecule has 0 saturated carbocycles. The molecule has 12 nitrogen and oxygen atoms in total. The smallest absolute Gasteiger partial charge is 0.348 e. The fourth-order valence-electron chi connectivity index (χ4n) is 4.87. The predicted molar refractivity (Wildman–Crippen MR) is 154 cm³/mol. The zero-order valence-corrected chi connectivity index (χ0v) is 24.6. The van der Waals surface area contributed by atoms with Crippen molar-refractivity contribution in [1.29, 1.82) is 0 Å². The minimum absolute atomic E-state index is 0.0923. The number of carboxylic acid groups (broad SMARTS) is 1. The van der Waals surface area contributed by atoms with Gasteiger partial charge >= 0.3 is 5.97 Å². The molecule has 40 heavy (non-hydrogen) atoms. The molecule has 3 aromatic rings. The van der Waals surface area contributed by atoms with Gasteiger partial charge in [-0.1, -0.05) is 34.5 Å². The molecule has 0 aromatic carbocycles. The molecule has 2 aliphatic rings. The van der Waals surface area contributed by atoms with Gasteiger partial charge in [0.2, 0.25) is 0 Å². The van der Waals surface area contributed by atoms with E-state index in [0.29, 0.717) is 41.1 Å². The van der Waals surface area contributed by atoms with Crippen molar-refractivity contribution in [2.45, 2.75) is 25.5 Å². The number of methoxy groups -OCH3 is 1. The summed E-state index contributed by atoms with van der Waals surface area (Å²) >= 11 is 13.4. The van der Waals surface area contributed by atoms with Crippen molar-refractivity contribution < 1.29 is 19.4 Å². The molecule has 0 bridgehead atoms. The van der Waals surface area contributed by atoms with Crippen molar-refractivity contribution in [2.24, 2.45) is 0 Å². The Labute approximate surface area is 245 Å². The number of aryl methyl sites for hydroxylation is 1. The van der Waals surface area contributed by atoms with E-state index in [2.05, 4.69) is 42.1 Å². The maximum atomic E-state index is 12.9. The van der Waals surface area contributed by atoms with E-state index in [4.69, 9.17) is 27.9 Å². The fourth-order valence-corrected chi connectivity index (χ4v) is 6.23. The largest absolute Gasteiger partial charge is 0.477 e. The van der Waals surface area contributed by atoms with Gasteiger partial charge in [0.25, 0.3) is 5.91 Å². The number of piperazine rings is 1. The summed E-state index contributed by atoms with van der Waals surface area (Å²) in [4.78, 5) is 48.1. The van der Waals surface area contributed by atoms with Gasteiger partial charge in [-0.25, -0.2) is 19.7 Å². The highest BCUT2D eigenvalue weighted by molar-refractivity contribution is 7.17. The van der Waals surface area contributed by atoms with Gasteiger partial charge in [0, 0.05) is 52.1 Å². The molecule has 2 atom stereocenters. The minimum Gasteiger partial charge on any atom is -0.477 e. The summed E-state index contributed by atoms with van der Waals surface area (Å²) in [6, 6.07) is -0.293. The predicted octanol–water partition coefficient (Wildman–Crippen LogP) is 3.02. The lowest BCUT2D eigenvalue weighted by molar-refractivity contribution is 0.0540. The Morgan fingerprint density at radius 1 is 1.12 bits per heavy atom. The summed E-state index contributed by atoms with van der Waals surface area (Å²) in [5.41, 5.74) is 1.50. The molecule has 5 heterocycles. The highest BCUT2D eigenvalue weighted by atomic mass is 35.5. The number of ether oxygens (including phenoxy) is 1. The highest BCUT2D eigenvalue weighted by Gasteiger charge is 2.34. The van der Waals surface area contributed by atoms with Crippen molar-refractivity contribution in [3.8, 4) is 11.4 Å². The Morgan fingerprint density at radius 2 is 1.88 bits per heavy atom. The van der Waals surface area contributed by atoms with Crippen LogP contribution in [0.25, 0.3) is 11.4 Å². The first-order valence-corrected chi connectivity index (χ1v) is 14.4. The van der Waals surface area contributed by atoms with Gasteiger partial charge < -0.3 is 34.8 Å². The third-order valence-corrected chi connectivity index (χ3v) is 9.30. The van der Waals surface area contributed by atoms with Crippen molar-refractivity contribution in [2.75, 3.05) is 63.2 Å². The van der Waals surface area contributed by atoms with Gasteiger partial charge in [-0.05, 0) is 20.4 Å². The summed E-state index contributed by atoms with van der Waals surface area (Å²) in [5, 5.41) is 13.9. The number of hydrogen-bond acceptors (Lipinski definition) is 10. The van der Waals surface area contributed by atoms with Gasteiger partial charge in [-0.2, -0.15) is 0 Å². The Hall–Kier alpha value is -2.97. The molecule has 2 aliphatic heterocycles. The van der Waals surface area contributed by atoms with E-state index in [1.807, 2.05) is 4.90 Å². The molecule has 2 saturated heterocycles. The normalized spacial score (nSPS) is 20.1. The van der Waals surface area contributed by atoms with Crippen LogP contribution in [0, 0.1) is 6.92 Å². The van der Waals surface area contributed by atoms with Gasteiger partial charge in [-0.3, -0.25) is 4.79 Å². The lowest BCUT2D eigenvalue weighted by atomic mass is 10.0. The number of carboxylic acids is 1. The molecule has 214 valence electrons. The molecular weight excluding hydrogens is 579 g/mol. The average Bonchev–Trinajstić information content (AvgIpc) is 3.51. The van der Waals surface area contributed by atoms with Crippen LogP contribution in [0.5, 0.6) is 0 Å². The van der Waals surface area contributed by atoms with E-state index in [0.717, 1.165) is 43.3 Å². The summed E-state index contributed by atoms with van der Waals surface area (Å²) in [7, 11) is 3.66. The highest BCUT2D eigenvalue weighted by Crippen LogP contribution is 2.34. The monoisotopic (exact) mass is 608 g/mol. The van der Waals surface area contributed by atoms with Crippen LogP contribution < -0.4 is 15.1 Å². The lowest BCUT2D eigenvalue weighted by Gasteiger charge is -2.37. The summed E-state index contributed by atoms with van der Waals surface area (Å²) < 4.78 is 5.70. The van der Waals surface area contributed by atoms with E-state index in [1.54, 1.807) is 26.4 Å². The van der Waals surface area contributed by atoms with E-state index in [-0.39, 0.29) is 39.3 Å². The number of hydrogen-bond donors (Lipinski definition) is 3. The standard InChI is InChI=1S/C25H30Cl2N8O4S/c1-13-18(26)19(27)21(30-13)23(36)31-14-4-5-35(12-16(14)39-3)25-32-20(22(40-25)24(37)38)15-10-29-17(11-28-15)34-8-6-33(2)7-9-34/h10-11,14,16,30H,4-9,12H2,1-3H3,(H,31,36)(H,37,38)/t14-,16+/m0/s1. The molecule has 0 aliphatic carbocycles. The second-order valence-corrected chi connectivity index (χ2v) is 11.6. The zero-order valence-electron chi connectivity index (χ0n) is 22.3. The molecule has 0 spiro atoms. The number of carbonyl (C=O) groups is 2. The average molecular weight is 610 g/mol. The van der Waals surface area contributed by atoms with Crippen LogP contribution in [0.1, 0.15) is 32.3 Å². The number of aromatic nitrogens is 4. The van der Waals surface area contributed by atoms with Gasteiger partial charge in [0.05, 0.1) is 34.6 Å². The number of rotatable bonds is 7. The van der Waals surface area contributed by atoms with Gasteiger partial charge in [-0.15, -0.1) is 0 Å². The first-order chi connectivity index (χ1) is 19.2. The van der Waals surface area contributed by atoms with Crippen molar-refractivity contribution >= 4 is 57.4 Å². The molecule has 0 unspecified atom stereocenters. The summed E-state index contributed by atoms with van der Waals surface area (Å²) in [6.07, 6.45) is 3.43. The Kier molecular flexibility index (Phi) is 8.47. The molecule has 3 aromatic heterocycles. The van der Waals surface area contributed by atoms with Gasteiger partial charge in [0.15, 0.2) is 5.13 Å². The summed E-state index contributed by atoms with van der Waals surface area (Å²) in [6.45, 7) is 6.27. The van der Waals surface area contributed by atoms with Crippen LogP contribution in [-0.4, -0.2) is 107 Å². The molecule has 5 rings (SSSR count). The van der Waals surface area contributed by atoms with Crippen molar-refractivity contribution in [1.82, 2.24) is 30.2 Å². The number of aromatic amines is 1. The number of nitrogens with zero attached hydrogens (tertiary/aromatic N) is 6. The maximum Gasteiger partial charge on any atom is 0.348 e. The second kappa shape index (κ2) is 11.9. The SMILES string of the molecule is CO[C@@H]1CN(c2nc(-c3cnc(N4CCN(C)CC4)cn3)c(C(=O)O)s2)CC[C@@H]1NC(=O)c1[nH]c(C)c(Cl)c1Cl. The zero-order chi connectivity index (χ0) is 28.6. The number of aromatic carboxylic acids is 1. The number of anilines is 2. The molecule has 0 radical (unpaired) electrons. The molecular formula is C25H30Cl2N8O4S. The number of halogens is 2. The molecule has 3 N–H and O–H groups in total. The molecule has 1 amide bonds. The summed E-state index contributed by atoms with van der Waals surface area (Å²) in [5.74, 6) is -0.691. The van der Waals surface area contributed by atoms with E-state index < -0.39 is 5.97 Å². The number of carbonyl (C=O) groups excluding carboxylic acids is 1. The fraction of sp³-hybridized carbons (Fsp3) is 0.480.